The molecular formula is C22H22N6O2S2. The van der Waals surface area contributed by atoms with Crippen molar-refractivity contribution in [2.24, 2.45) is 0 Å². The Morgan fingerprint density at radius 2 is 1.84 bits per heavy atom. The number of rotatable bonds is 7. The number of thiocarbonyl (C=S) groups is 1. The minimum Gasteiger partial charge on any atom is -0.494 e. The van der Waals surface area contributed by atoms with Crippen molar-refractivity contribution >= 4 is 39.5 Å². The highest BCUT2D eigenvalue weighted by atomic mass is 32.1. The van der Waals surface area contributed by atoms with Gasteiger partial charge in [-0.25, -0.2) is 0 Å². The third kappa shape index (κ3) is 4.92. The Morgan fingerprint density at radius 3 is 2.53 bits per heavy atom. The molecule has 0 radical (unpaired) electrons. The Hall–Kier alpha value is -3.37. The Kier molecular flexibility index (Phi) is 6.72. The fraction of sp³-hybridized carbons (Fsp3) is 0.227. The molecule has 4 aromatic rings. The summed E-state index contributed by atoms with van der Waals surface area (Å²) in [5, 5.41) is 19.8. The maximum Gasteiger partial charge on any atom is 0.257 e. The first-order valence-corrected chi connectivity index (χ1v) is 11.4. The van der Waals surface area contributed by atoms with E-state index in [1.807, 2.05) is 38.1 Å². The number of benzene rings is 2. The predicted molar refractivity (Wildman–Crippen MR) is 128 cm³/mol. The molecule has 0 aliphatic carbocycles. The second-order valence-corrected chi connectivity index (χ2v) is 8.23. The Bertz CT molecular complexity index is 1230. The van der Waals surface area contributed by atoms with Gasteiger partial charge in [-0.05, 0) is 49.0 Å². The van der Waals surface area contributed by atoms with Gasteiger partial charge in [-0.1, -0.05) is 42.5 Å². The molecule has 0 saturated carbocycles. The number of aromatic nitrogens is 4. The van der Waals surface area contributed by atoms with Crippen molar-refractivity contribution in [2.45, 2.75) is 26.8 Å². The molecular weight excluding hydrogens is 444 g/mol. The molecule has 10 heteroatoms. The molecule has 0 aliphatic heterocycles. The summed E-state index contributed by atoms with van der Waals surface area (Å²) in [5.74, 6) is 1.31. The lowest BCUT2D eigenvalue weighted by Gasteiger charge is -2.10. The maximum absolute atomic E-state index is 12.3. The van der Waals surface area contributed by atoms with Gasteiger partial charge in [0.25, 0.3) is 5.91 Å². The normalized spacial score (nSPS) is 10.8. The molecule has 164 valence electrons. The van der Waals surface area contributed by atoms with Crippen LogP contribution in [-0.2, 0) is 13.0 Å². The lowest BCUT2D eigenvalue weighted by Crippen LogP contribution is -2.38. The average molecular weight is 467 g/mol. The first-order chi connectivity index (χ1) is 15.6. The van der Waals surface area contributed by atoms with Crippen LogP contribution in [-0.4, -0.2) is 37.4 Å². The summed E-state index contributed by atoms with van der Waals surface area (Å²) in [4.78, 5) is 13.1. The molecule has 2 heterocycles. The van der Waals surface area contributed by atoms with E-state index < -0.39 is 0 Å². The summed E-state index contributed by atoms with van der Waals surface area (Å²) in [7, 11) is 0. The van der Waals surface area contributed by atoms with Gasteiger partial charge in [0.2, 0.25) is 4.96 Å². The van der Waals surface area contributed by atoms with Crippen LogP contribution in [0.1, 0.15) is 35.6 Å². The van der Waals surface area contributed by atoms with Crippen molar-refractivity contribution in [3.8, 4) is 16.3 Å². The van der Waals surface area contributed by atoms with Gasteiger partial charge >= 0.3 is 0 Å². The highest BCUT2D eigenvalue weighted by Gasteiger charge is 2.12. The van der Waals surface area contributed by atoms with Crippen LogP contribution < -0.4 is 15.4 Å². The van der Waals surface area contributed by atoms with Gasteiger partial charge in [0.05, 0.1) is 6.61 Å². The van der Waals surface area contributed by atoms with Crippen LogP contribution in [0.15, 0.2) is 48.5 Å². The Balaban J connectivity index is 1.31. The van der Waals surface area contributed by atoms with Crippen LogP contribution in [0.4, 0.5) is 0 Å². The van der Waals surface area contributed by atoms with Crippen molar-refractivity contribution in [2.75, 3.05) is 6.61 Å². The van der Waals surface area contributed by atoms with Crippen molar-refractivity contribution < 1.29 is 9.53 Å². The first kappa shape index (κ1) is 21.8. The first-order valence-electron chi connectivity index (χ1n) is 10.2. The van der Waals surface area contributed by atoms with Gasteiger partial charge in [-0.2, -0.15) is 9.61 Å². The van der Waals surface area contributed by atoms with E-state index in [1.54, 1.807) is 28.8 Å². The number of ether oxygens (including phenoxy) is 1. The van der Waals surface area contributed by atoms with Gasteiger partial charge < -0.3 is 10.1 Å². The van der Waals surface area contributed by atoms with Crippen LogP contribution in [0.2, 0.25) is 0 Å². The number of carbonyl (C=O) groups excluding carboxylic acids is 1. The largest absolute Gasteiger partial charge is 0.494 e. The molecule has 2 aromatic carbocycles. The van der Waals surface area contributed by atoms with E-state index in [0.717, 1.165) is 39.1 Å². The molecule has 0 spiro atoms. The number of nitrogens with zero attached hydrogens (tertiary/aromatic N) is 4. The number of amides is 1. The van der Waals surface area contributed by atoms with E-state index in [0.29, 0.717) is 18.7 Å². The molecule has 8 nitrogen and oxygen atoms in total. The molecule has 32 heavy (non-hydrogen) atoms. The zero-order valence-corrected chi connectivity index (χ0v) is 19.3. The minimum atomic E-state index is -0.268. The van der Waals surface area contributed by atoms with Crippen molar-refractivity contribution in [3.63, 3.8) is 0 Å². The van der Waals surface area contributed by atoms with Crippen LogP contribution in [0.25, 0.3) is 15.5 Å². The number of carbonyl (C=O) groups is 1. The quantitative estimate of drug-likeness (QED) is 0.402. The van der Waals surface area contributed by atoms with E-state index in [1.165, 1.54) is 11.3 Å². The molecule has 0 fully saturated rings. The van der Waals surface area contributed by atoms with E-state index in [4.69, 9.17) is 17.0 Å². The molecule has 0 unspecified atom stereocenters. The average Bonchev–Trinajstić information content (AvgIpc) is 3.39. The molecule has 4 rings (SSSR count). The summed E-state index contributed by atoms with van der Waals surface area (Å²) in [6.07, 6.45) is 0.782. The monoisotopic (exact) mass is 466 g/mol. The summed E-state index contributed by atoms with van der Waals surface area (Å²) in [5.41, 5.74) is 2.56. The summed E-state index contributed by atoms with van der Waals surface area (Å²) in [6, 6.07) is 15.0. The fourth-order valence-electron chi connectivity index (χ4n) is 3.03. The molecule has 2 N–H and O–H groups in total. The maximum atomic E-state index is 12.3. The molecule has 0 atom stereocenters. The summed E-state index contributed by atoms with van der Waals surface area (Å²) < 4.78 is 7.18. The van der Waals surface area contributed by atoms with Crippen LogP contribution in [0.3, 0.4) is 0 Å². The van der Waals surface area contributed by atoms with Gasteiger partial charge in [-0.15, -0.1) is 10.2 Å². The lowest BCUT2D eigenvalue weighted by molar-refractivity contribution is 0.0976. The van der Waals surface area contributed by atoms with Crippen LogP contribution >= 0.6 is 23.6 Å². The molecule has 0 saturated heterocycles. The standard InChI is InChI=1S/C22H22N6O2S2/c1-3-18-25-26-22-28(18)27-20(32-22)16-7-5-14(6-8-16)13-23-21(31)24-19(29)15-9-11-17(12-10-15)30-4-2/h5-12H,3-4,13H2,1-2H3,(H2,23,24,29,31). The number of fused-ring (bicyclic) bond motifs is 1. The number of nitrogens with one attached hydrogen (secondary N) is 2. The number of hydrogen-bond acceptors (Lipinski definition) is 7. The zero-order chi connectivity index (χ0) is 22.5. The number of aryl methyl sites for hydroxylation is 1. The fourth-order valence-corrected chi connectivity index (χ4v) is 4.06. The number of hydrogen-bond donors (Lipinski definition) is 2. The van der Waals surface area contributed by atoms with Crippen LogP contribution in [0, 0.1) is 0 Å². The Morgan fingerprint density at radius 1 is 1.09 bits per heavy atom. The topological polar surface area (TPSA) is 93.4 Å². The molecule has 0 aliphatic rings. The van der Waals surface area contributed by atoms with Gasteiger partial charge in [0.1, 0.15) is 10.8 Å². The van der Waals surface area contributed by atoms with Gasteiger partial charge in [0, 0.05) is 24.1 Å². The second kappa shape index (κ2) is 9.84. The lowest BCUT2D eigenvalue weighted by atomic mass is 10.1. The molecule has 0 bridgehead atoms. The molecule has 1 amide bonds. The van der Waals surface area contributed by atoms with Crippen LogP contribution in [0.5, 0.6) is 5.75 Å². The van der Waals surface area contributed by atoms with E-state index in [2.05, 4.69) is 25.9 Å². The van der Waals surface area contributed by atoms with E-state index in [-0.39, 0.29) is 11.0 Å². The van der Waals surface area contributed by atoms with Gasteiger partial charge in [0.15, 0.2) is 10.9 Å². The minimum absolute atomic E-state index is 0.268. The third-order valence-electron chi connectivity index (χ3n) is 4.68. The third-order valence-corrected chi connectivity index (χ3v) is 5.87. The summed E-state index contributed by atoms with van der Waals surface area (Å²) in [6.45, 7) is 5.02. The van der Waals surface area contributed by atoms with E-state index in [9.17, 15) is 4.79 Å². The zero-order valence-electron chi connectivity index (χ0n) is 17.7. The van der Waals surface area contributed by atoms with Crippen molar-refractivity contribution in [1.29, 1.82) is 0 Å². The van der Waals surface area contributed by atoms with Crippen molar-refractivity contribution in [3.05, 3.63) is 65.5 Å². The Labute approximate surface area is 194 Å². The van der Waals surface area contributed by atoms with E-state index >= 15 is 0 Å². The van der Waals surface area contributed by atoms with Gasteiger partial charge in [-0.3, -0.25) is 10.1 Å². The molecule has 2 aromatic heterocycles. The highest BCUT2D eigenvalue weighted by Crippen LogP contribution is 2.25. The second-order valence-electron chi connectivity index (χ2n) is 6.86. The van der Waals surface area contributed by atoms with Crippen molar-refractivity contribution in [1.82, 2.24) is 30.4 Å². The SMILES string of the molecule is CCOc1ccc(C(=O)NC(=S)NCc2ccc(-c3nn4c(CC)nnc4s3)cc2)cc1. The highest BCUT2D eigenvalue weighted by molar-refractivity contribution is 7.80. The summed E-state index contributed by atoms with van der Waals surface area (Å²) >= 11 is 6.76. The predicted octanol–water partition coefficient (Wildman–Crippen LogP) is 3.62. The smallest absolute Gasteiger partial charge is 0.257 e.